The Morgan fingerprint density at radius 1 is 1.26 bits per heavy atom. The molecule has 0 radical (unpaired) electrons. The van der Waals surface area contributed by atoms with Crippen LogP contribution in [0.4, 0.5) is 4.39 Å². The van der Waals surface area contributed by atoms with Crippen molar-refractivity contribution >= 4 is 5.78 Å². The average molecular weight is 262 g/mol. The van der Waals surface area contributed by atoms with E-state index in [0.717, 1.165) is 29.7 Å². The Kier molecular flexibility index (Phi) is 2.70. The molecule has 0 N–H and O–H groups in total. The molecule has 1 fully saturated rings. The highest BCUT2D eigenvalue weighted by Gasteiger charge is 2.58. The zero-order chi connectivity index (χ0) is 13.7. The summed E-state index contributed by atoms with van der Waals surface area (Å²) in [6.07, 6.45) is 2.84. The number of ketones is 1. The second-order valence-corrected chi connectivity index (χ2v) is 5.93. The molecule has 3 heteroatoms. The Hall–Kier alpha value is -1.38. The van der Waals surface area contributed by atoms with Gasteiger partial charge in [0.15, 0.2) is 11.5 Å². The number of fused-ring (bicyclic) bond motifs is 3. The first kappa shape index (κ1) is 12.6. The van der Waals surface area contributed by atoms with Crippen LogP contribution in [-0.4, -0.2) is 18.6 Å². The summed E-state index contributed by atoms with van der Waals surface area (Å²) in [6.45, 7) is 1.91. The van der Waals surface area contributed by atoms with Crippen LogP contribution in [0.5, 0.6) is 5.75 Å². The number of alkyl halides is 1. The Labute approximate surface area is 113 Å². The van der Waals surface area contributed by atoms with Gasteiger partial charge >= 0.3 is 0 Å². The molecule has 102 valence electrons. The number of rotatable bonds is 1. The van der Waals surface area contributed by atoms with E-state index in [9.17, 15) is 4.79 Å². The molecule has 0 saturated heterocycles. The predicted octanol–water partition coefficient (Wildman–Crippen LogP) is 3.36. The molecular weight excluding hydrogens is 243 g/mol. The largest absolute Gasteiger partial charge is 0.497 e. The van der Waals surface area contributed by atoms with Gasteiger partial charge in [0.2, 0.25) is 0 Å². The van der Waals surface area contributed by atoms with Crippen LogP contribution in [-0.2, 0) is 16.6 Å². The van der Waals surface area contributed by atoms with Crippen LogP contribution in [0.1, 0.15) is 43.7 Å². The van der Waals surface area contributed by atoms with Crippen LogP contribution >= 0.6 is 0 Å². The smallest absolute Gasteiger partial charge is 0.178 e. The van der Waals surface area contributed by atoms with Gasteiger partial charge < -0.3 is 4.74 Å². The average Bonchev–Trinajstić information content (AvgIpc) is 2.41. The maximum Gasteiger partial charge on any atom is 0.178 e. The normalized spacial score (nSPS) is 33.5. The molecule has 2 aliphatic rings. The standard InChI is InChI=1S/C16H19FO2/c1-15-8-3-4-14(18)16(15,17)9-7-11-10-12(19-2)5-6-13(11)15/h5-6,10H,3-4,7-9H2,1-2H3/t15-,16+/m0/s1. The number of aryl methyl sites for hydroxylation is 1. The lowest BCUT2D eigenvalue weighted by Crippen LogP contribution is -2.57. The van der Waals surface area contributed by atoms with E-state index in [1.165, 1.54) is 0 Å². The van der Waals surface area contributed by atoms with Crippen LogP contribution < -0.4 is 4.74 Å². The van der Waals surface area contributed by atoms with E-state index in [1.807, 2.05) is 25.1 Å². The Morgan fingerprint density at radius 3 is 2.79 bits per heavy atom. The van der Waals surface area contributed by atoms with Gasteiger partial charge in [-0.3, -0.25) is 4.79 Å². The third kappa shape index (κ3) is 1.57. The van der Waals surface area contributed by atoms with Crippen molar-refractivity contribution in [2.45, 2.75) is 50.1 Å². The fourth-order valence-corrected chi connectivity index (χ4v) is 3.82. The molecule has 3 rings (SSSR count). The van der Waals surface area contributed by atoms with Crippen molar-refractivity contribution in [3.05, 3.63) is 29.3 Å². The summed E-state index contributed by atoms with van der Waals surface area (Å²) >= 11 is 0. The molecule has 1 aromatic rings. The van der Waals surface area contributed by atoms with Gasteiger partial charge in [-0.25, -0.2) is 4.39 Å². The quantitative estimate of drug-likeness (QED) is 0.775. The monoisotopic (exact) mass is 262 g/mol. The number of benzene rings is 1. The lowest BCUT2D eigenvalue weighted by molar-refractivity contribution is -0.141. The highest BCUT2D eigenvalue weighted by Crippen LogP contribution is 2.53. The number of carbonyl (C=O) groups is 1. The van der Waals surface area contributed by atoms with Gasteiger partial charge in [0.05, 0.1) is 7.11 Å². The van der Waals surface area contributed by atoms with Crippen LogP contribution in [0.25, 0.3) is 0 Å². The molecule has 0 heterocycles. The van der Waals surface area contributed by atoms with Crippen LogP contribution in [0.2, 0.25) is 0 Å². The molecule has 1 aromatic carbocycles. The molecule has 1 saturated carbocycles. The zero-order valence-electron chi connectivity index (χ0n) is 11.5. The lowest BCUT2D eigenvalue weighted by Gasteiger charge is -2.49. The predicted molar refractivity (Wildman–Crippen MR) is 71.4 cm³/mol. The number of carbonyl (C=O) groups excluding carboxylic acids is 1. The number of halogens is 1. The van der Waals surface area contributed by atoms with Crippen molar-refractivity contribution in [3.8, 4) is 5.75 Å². The van der Waals surface area contributed by atoms with Crippen LogP contribution in [0, 0.1) is 0 Å². The summed E-state index contributed by atoms with van der Waals surface area (Å²) in [7, 11) is 1.63. The molecule has 19 heavy (non-hydrogen) atoms. The van der Waals surface area contributed by atoms with E-state index in [-0.39, 0.29) is 5.78 Å². The van der Waals surface area contributed by atoms with Gasteiger partial charge in [-0.2, -0.15) is 0 Å². The Bertz CT molecular complexity index is 540. The van der Waals surface area contributed by atoms with Crippen molar-refractivity contribution in [1.29, 1.82) is 0 Å². The van der Waals surface area contributed by atoms with Crippen molar-refractivity contribution in [2.75, 3.05) is 7.11 Å². The topological polar surface area (TPSA) is 26.3 Å². The van der Waals surface area contributed by atoms with Gasteiger partial charge in [0, 0.05) is 11.8 Å². The Balaban J connectivity index is 2.14. The second kappa shape index (κ2) is 4.06. The lowest BCUT2D eigenvalue weighted by atomic mass is 9.56. The third-order valence-electron chi connectivity index (χ3n) is 5.04. The van der Waals surface area contributed by atoms with Gasteiger partial charge in [0.25, 0.3) is 0 Å². The maximum atomic E-state index is 15.3. The fourth-order valence-electron chi connectivity index (χ4n) is 3.82. The molecule has 0 spiro atoms. The first-order valence-corrected chi connectivity index (χ1v) is 6.91. The molecule has 0 amide bonds. The zero-order valence-corrected chi connectivity index (χ0v) is 11.5. The van der Waals surface area contributed by atoms with Crippen molar-refractivity contribution in [3.63, 3.8) is 0 Å². The first-order valence-electron chi connectivity index (χ1n) is 6.91. The molecule has 0 bridgehead atoms. The summed E-state index contributed by atoms with van der Waals surface area (Å²) in [5, 5.41) is 0. The van der Waals surface area contributed by atoms with Gasteiger partial charge in [-0.1, -0.05) is 13.0 Å². The minimum atomic E-state index is -1.67. The summed E-state index contributed by atoms with van der Waals surface area (Å²) < 4.78 is 20.5. The molecule has 0 aliphatic heterocycles. The maximum absolute atomic E-state index is 15.3. The van der Waals surface area contributed by atoms with E-state index in [0.29, 0.717) is 19.3 Å². The number of methoxy groups -OCH3 is 1. The van der Waals surface area contributed by atoms with Gasteiger partial charge in [-0.05, 0) is 48.9 Å². The molecule has 2 nitrogen and oxygen atoms in total. The van der Waals surface area contributed by atoms with Crippen molar-refractivity contribution in [1.82, 2.24) is 0 Å². The summed E-state index contributed by atoms with van der Waals surface area (Å²) in [6, 6.07) is 5.80. The van der Waals surface area contributed by atoms with Gasteiger partial charge in [0.1, 0.15) is 5.75 Å². The SMILES string of the molecule is COc1ccc2c(c1)CC[C@@]1(F)C(=O)CCC[C@@]21C. The minimum Gasteiger partial charge on any atom is -0.497 e. The minimum absolute atomic E-state index is 0.206. The molecule has 2 atom stereocenters. The van der Waals surface area contributed by atoms with Crippen molar-refractivity contribution in [2.24, 2.45) is 0 Å². The number of ether oxygens (including phenoxy) is 1. The molecule has 0 aromatic heterocycles. The van der Waals surface area contributed by atoms with E-state index in [2.05, 4.69) is 0 Å². The highest BCUT2D eigenvalue weighted by atomic mass is 19.1. The molecule has 2 aliphatic carbocycles. The number of hydrogen-bond donors (Lipinski definition) is 0. The van der Waals surface area contributed by atoms with E-state index >= 15 is 4.39 Å². The van der Waals surface area contributed by atoms with Crippen LogP contribution in [0.15, 0.2) is 18.2 Å². The summed E-state index contributed by atoms with van der Waals surface area (Å²) in [5.74, 6) is 0.596. The molecule has 0 unspecified atom stereocenters. The first-order chi connectivity index (χ1) is 9.01. The fraction of sp³-hybridized carbons (Fsp3) is 0.562. The van der Waals surface area contributed by atoms with Crippen LogP contribution in [0.3, 0.4) is 0 Å². The van der Waals surface area contributed by atoms with E-state index in [1.54, 1.807) is 7.11 Å². The van der Waals surface area contributed by atoms with E-state index in [4.69, 9.17) is 4.74 Å². The third-order valence-corrected chi connectivity index (χ3v) is 5.04. The number of Topliss-reactive ketones (excluding diaryl/α,β-unsaturated/α-hetero) is 1. The van der Waals surface area contributed by atoms with Crippen molar-refractivity contribution < 1.29 is 13.9 Å². The second-order valence-electron chi connectivity index (χ2n) is 5.93. The summed E-state index contributed by atoms with van der Waals surface area (Å²) in [4.78, 5) is 12.1. The molecular formula is C16H19FO2. The van der Waals surface area contributed by atoms with Gasteiger partial charge in [-0.15, -0.1) is 0 Å². The van der Waals surface area contributed by atoms with E-state index < -0.39 is 11.1 Å². The summed E-state index contributed by atoms with van der Waals surface area (Å²) in [5.41, 5.74) is -0.213. The Morgan fingerprint density at radius 2 is 2.05 bits per heavy atom. The number of hydrogen-bond acceptors (Lipinski definition) is 2. The highest BCUT2D eigenvalue weighted by molar-refractivity contribution is 5.90.